The predicted octanol–water partition coefficient (Wildman–Crippen LogP) is 1.47. The first kappa shape index (κ1) is 12.8. The van der Waals surface area contributed by atoms with E-state index in [9.17, 15) is 9.90 Å². The lowest BCUT2D eigenvalue weighted by Gasteiger charge is -2.38. The Kier molecular flexibility index (Phi) is 4.05. The van der Waals surface area contributed by atoms with Crippen LogP contribution in [0.1, 0.15) is 45.4 Å². The number of nitrogens with zero attached hydrogens (tertiary/aromatic N) is 1. The zero-order chi connectivity index (χ0) is 12.4. The number of aliphatic hydroxyl groups is 1. The monoisotopic (exact) mass is 241 g/mol. The lowest BCUT2D eigenvalue weighted by molar-refractivity contribution is -0.143. The van der Waals surface area contributed by atoms with E-state index in [2.05, 4.69) is 4.90 Å². The smallest absolute Gasteiger partial charge is 0.306 e. The predicted molar refractivity (Wildman–Crippen MR) is 64.8 cm³/mol. The molecule has 4 nitrogen and oxygen atoms in total. The largest absolute Gasteiger partial charge is 0.481 e. The molecule has 0 unspecified atom stereocenters. The van der Waals surface area contributed by atoms with E-state index in [4.69, 9.17) is 5.11 Å². The first-order valence-corrected chi connectivity index (χ1v) is 6.76. The molecule has 0 amide bonds. The molecule has 0 spiro atoms. The van der Waals surface area contributed by atoms with E-state index in [0.29, 0.717) is 12.1 Å². The Balaban J connectivity index is 1.90. The number of carbonyl (C=O) groups is 1. The molecule has 0 aromatic carbocycles. The fourth-order valence-corrected chi connectivity index (χ4v) is 3.44. The van der Waals surface area contributed by atoms with Crippen LogP contribution in [0.3, 0.4) is 0 Å². The minimum absolute atomic E-state index is 0.140. The highest BCUT2D eigenvalue weighted by Gasteiger charge is 2.36. The number of carboxylic acid groups (broad SMARTS) is 1. The molecule has 1 saturated heterocycles. The molecule has 2 atom stereocenters. The molecule has 98 valence electrons. The highest BCUT2D eigenvalue weighted by Crippen LogP contribution is 2.32. The van der Waals surface area contributed by atoms with E-state index in [0.717, 1.165) is 45.1 Å². The summed E-state index contributed by atoms with van der Waals surface area (Å²) >= 11 is 0. The standard InChI is InChI=1S/C13H23NO3/c1-9(15)12-3-2-8-14(12)11-6-4-10(5-7-11)13(16)17/h9-12,15H,2-8H2,1H3,(H,16,17)/t9-,10?,11?,12-/m0/s1. The lowest BCUT2D eigenvalue weighted by atomic mass is 9.85. The van der Waals surface area contributed by atoms with Crippen molar-refractivity contribution in [3.63, 3.8) is 0 Å². The first-order valence-electron chi connectivity index (χ1n) is 6.76. The first-order chi connectivity index (χ1) is 8.09. The minimum atomic E-state index is -0.642. The van der Waals surface area contributed by atoms with Gasteiger partial charge in [0.15, 0.2) is 0 Å². The maximum atomic E-state index is 10.9. The van der Waals surface area contributed by atoms with Crippen molar-refractivity contribution in [2.75, 3.05) is 6.54 Å². The Morgan fingerprint density at radius 1 is 1.24 bits per heavy atom. The summed E-state index contributed by atoms with van der Waals surface area (Å²) in [6.07, 6.45) is 5.51. The number of carboxylic acids is 1. The topological polar surface area (TPSA) is 60.8 Å². The number of hydrogen-bond donors (Lipinski definition) is 2. The molecular weight excluding hydrogens is 218 g/mol. The molecule has 17 heavy (non-hydrogen) atoms. The second-order valence-corrected chi connectivity index (χ2v) is 5.53. The number of hydrogen-bond acceptors (Lipinski definition) is 3. The number of aliphatic carboxylic acids is 1. The average molecular weight is 241 g/mol. The molecule has 2 aliphatic rings. The molecule has 0 aromatic heterocycles. The Morgan fingerprint density at radius 2 is 1.88 bits per heavy atom. The van der Waals surface area contributed by atoms with Crippen molar-refractivity contribution >= 4 is 5.97 Å². The summed E-state index contributed by atoms with van der Waals surface area (Å²) in [5.41, 5.74) is 0. The average Bonchev–Trinajstić information content (AvgIpc) is 2.78. The van der Waals surface area contributed by atoms with Crippen molar-refractivity contribution in [2.45, 2.75) is 63.6 Å². The molecule has 1 heterocycles. The molecule has 2 fully saturated rings. The van der Waals surface area contributed by atoms with Gasteiger partial charge >= 0.3 is 5.97 Å². The van der Waals surface area contributed by atoms with Crippen molar-refractivity contribution < 1.29 is 15.0 Å². The molecule has 4 heteroatoms. The van der Waals surface area contributed by atoms with Gasteiger partial charge in [0, 0.05) is 12.1 Å². The van der Waals surface area contributed by atoms with E-state index >= 15 is 0 Å². The minimum Gasteiger partial charge on any atom is -0.481 e. The molecule has 1 aliphatic heterocycles. The Hall–Kier alpha value is -0.610. The molecule has 2 rings (SSSR count). The van der Waals surface area contributed by atoms with Crippen molar-refractivity contribution in [3.8, 4) is 0 Å². The molecule has 1 aliphatic carbocycles. The Labute approximate surface area is 103 Å². The second-order valence-electron chi connectivity index (χ2n) is 5.53. The highest BCUT2D eigenvalue weighted by atomic mass is 16.4. The molecule has 0 bridgehead atoms. The summed E-state index contributed by atoms with van der Waals surface area (Å²) in [4.78, 5) is 13.3. The zero-order valence-corrected chi connectivity index (χ0v) is 10.5. The van der Waals surface area contributed by atoms with Gasteiger partial charge in [-0.25, -0.2) is 0 Å². The summed E-state index contributed by atoms with van der Waals surface area (Å²) in [5.74, 6) is -0.782. The van der Waals surface area contributed by atoms with E-state index in [-0.39, 0.29) is 12.0 Å². The van der Waals surface area contributed by atoms with E-state index in [1.165, 1.54) is 0 Å². The van der Waals surface area contributed by atoms with Gasteiger partial charge in [-0.3, -0.25) is 9.69 Å². The van der Waals surface area contributed by atoms with Crippen LogP contribution in [-0.2, 0) is 4.79 Å². The van der Waals surface area contributed by atoms with Crippen LogP contribution in [0.4, 0.5) is 0 Å². The zero-order valence-electron chi connectivity index (χ0n) is 10.5. The van der Waals surface area contributed by atoms with Crippen LogP contribution in [0.5, 0.6) is 0 Å². The number of likely N-dealkylation sites (tertiary alicyclic amines) is 1. The molecule has 2 N–H and O–H groups in total. The van der Waals surface area contributed by atoms with Crippen molar-refractivity contribution in [1.82, 2.24) is 4.90 Å². The second kappa shape index (κ2) is 5.36. The van der Waals surface area contributed by atoms with Gasteiger partial charge in [0.2, 0.25) is 0 Å². The van der Waals surface area contributed by atoms with E-state index < -0.39 is 5.97 Å². The maximum Gasteiger partial charge on any atom is 0.306 e. The van der Waals surface area contributed by atoms with Gasteiger partial charge in [0.1, 0.15) is 0 Å². The number of rotatable bonds is 3. The summed E-state index contributed by atoms with van der Waals surface area (Å²) in [5, 5.41) is 18.7. The van der Waals surface area contributed by atoms with Gasteiger partial charge < -0.3 is 10.2 Å². The molecular formula is C13H23NO3. The summed E-state index contributed by atoms with van der Waals surface area (Å²) < 4.78 is 0. The van der Waals surface area contributed by atoms with E-state index in [1.807, 2.05) is 6.92 Å². The molecule has 1 saturated carbocycles. The van der Waals surface area contributed by atoms with Crippen LogP contribution < -0.4 is 0 Å². The molecule has 0 aromatic rings. The van der Waals surface area contributed by atoms with Crippen molar-refractivity contribution in [1.29, 1.82) is 0 Å². The third-order valence-corrected chi connectivity index (χ3v) is 4.41. The van der Waals surface area contributed by atoms with Crippen molar-refractivity contribution in [3.05, 3.63) is 0 Å². The fraction of sp³-hybridized carbons (Fsp3) is 0.923. The van der Waals surface area contributed by atoms with Crippen LogP contribution in [0.15, 0.2) is 0 Å². The quantitative estimate of drug-likeness (QED) is 0.785. The Bertz CT molecular complexity index is 272. The fourth-order valence-electron chi connectivity index (χ4n) is 3.44. The third kappa shape index (κ3) is 2.80. The summed E-state index contributed by atoms with van der Waals surface area (Å²) in [7, 11) is 0. The van der Waals surface area contributed by atoms with Gasteiger partial charge in [0.05, 0.1) is 12.0 Å². The lowest BCUT2D eigenvalue weighted by Crippen LogP contribution is -2.46. The molecule has 0 radical (unpaired) electrons. The number of aliphatic hydroxyl groups excluding tert-OH is 1. The van der Waals surface area contributed by atoms with E-state index in [1.54, 1.807) is 0 Å². The summed E-state index contributed by atoms with van der Waals surface area (Å²) in [6.45, 7) is 2.93. The van der Waals surface area contributed by atoms with Crippen molar-refractivity contribution in [2.24, 2.45) is 5.92 Å². The maximum absolute atomic E-state index is 10.9. The third-order valence-electron chi connectivity index (χ3n) is 4.41. The van der Waals surface area contributed by atoms with Gasteiger partial charge in [-0.2, -0.15) is 0 Å². The van der Waals surface area contributed by atoms with Crippen LogP contribution in [0, 0.1) is 5.92 Å². The van der Waals surface area contributed by atoms with Crippen LogP contribution in [0.25, 0.3) is 0 Å². The van der Waals surface area contributed by atoms with Crippen LogP contribution in [-0.4, -0.2) is 45.8 Å². The van der Waals surface area contributed by atoms with Crippen LogP contribution in [0.2, 0.25) is 0 Å². The summed E-state index contributed by atoms with van der Waals surface area (Å²) in [6, 6.07) is 0.786. The Morgan fingerprint density at radius 3 is 2.41 bits per heavy atom. The van der Waals surface area contributed by atoms with Gasteiger partial charge in [-0.05, 0) is 52.0 Å². The van der Waals surface area contributed by atoms with Gasteiger partial charge in [-0.1, -0.05) is 0 Å². The normalized spacial score (nSPS) is 36.9. The van der Waals surface area contributed by atoms with Gasteiger partial charge in [0.25, 0.3) is 0 Å². The SMILES string of the molecule is C[C@H](O)[C@@H]1CCCN1C1CCC(C(=O)O)CC1. The highest BCUT2D eigenvalue weighted by molar-refractivity contribution is 5.70. The van der Waals surface area contributed by atoms with Crippen LogP contribution >= 0.6 is 0 Å². The van der Waals surface area contributed by atoms with Gasteiger partial charge in [-0.15, -0.1) is 0 Å².